The Labute approximate surface area is 84.7 Å². The summed E-state index contributed by atoms with van der Waals surface area (Å²) in [6, 6.07) is 0. The maximum atomic E-state index is 10.7. The van der Waals surface area contributed by atoms with Crippen LogP contribution in [0.3, 0.4) is 0 Å². The molecular formula is C9H19NO4. The second kappa shape index (κ2) is 9.98. The van der Waals surface area contributed by atoms with Gasteiger partial charge in [0.1, 0.15) is 0 Å². The van der Waals surface area contributed by atoms with Crippen molar-refractivity contribution in [2.24, 2.45) is 0 Å². The average Bonchev–Trinajstić information content (AvgIpc) is 2.19. The molecule has 0 rings (SSSR count). The number of esters is 1. The van der Waals surface area contributed by atoms with Gasteiger partial charge in [0.05, 0.1) is 20.2 Å². The molecule has 0 unspecified atom stereocenters. The van der Waals surface area contributed by atoms with E-state index in [-0.39, 0.29) is 13.1 Å². The maximum absolute atomic E-state index is 10.7. The van der Waals surface area contributed by atoms with Crippen LogP contribution in [-0.2, 0) is 14.3 Å². The van der Waals surface area contributed by atoms with Crippen LogP contribution in [0.15, 0.2) is 0 Å². The third-order valence-corrected chi connectivity index (χ3v) is 1.39. The van der Waals surface area contributed by atoms with E-state index in [0.717, 1.165) is 0 Å². The molecule has 0 spiro atoms. The normalized spacial score (nSPS) is 8.93. The Morgan fingerprint density at radius 2 is 1.79 bits per heavy atom. The number of methoxy groups -OCH3 is 1. The Kier molecular flexibility index (Phi) is 11.0. The van der Waals surface area contributed by atoms with Crippen molar-refractivity contribution >= 4 is 11.9 Å². The van der Waals surface area contributed by atoms with Gasteiger partial charge >= 0.3 is 11.9 Å². The van der Waals surface area contributed by atoms with Gasteiger partial charge in [0, 0.05) is 0 Å². The van der Waals surface area contributed by atoms with Gasteiger partial charge in [-0.3, -0.25) is 14.5 Å². The molecule has 0 radical (unpaired) electrons. The van der Waals surface area contributed by atoms with Crippen molar-refractivity contribution in [3.05, 3.63) is 0 Å². The summed E-state index contributed by atoms with van der Waals surface area (Å²) in [5, 5.41) is 8.41. The summed E-state index contributed by atoms with van der Waals surface area (Å²) < 4.78 is 4.39. The molecule has 0 aromatic carbocycles. The highest BCUT2D eigenvalue weighted by Crippen LogP contribution is 1.88. The zero-order valence-corrected chi connectivity index (χ0v) is 9.24. The van der Waals surface area contributed by atoms with Crippen molar-refractivity contribution in [3.8, 4) is 0 Å². The molecule has 0 heterocycles. The molecule has 0 saturated heterocycles. The highest BCUT2D eigenvalue weighted by Gasteiger charge is 2.11. The van der Waals surface area contributed by atoms with Gasteiger partial charge in [0.15, 0.2) is 0 Å². The Morgan fingerprint density at radius 3 is 2.07 bits per heavy atom. The Hall–Kier alpha value is -1.10. The molecule has 0 aromatic heterocycles. The van der Waals surface area contributed by atoms with E-state index < -0.39 is 11.9 Å². The van der Waals surface area contributed by atoms with Crippen LogP contribution in [0.4, 0.5) is 0 Å². The SMILES string of the molecule is CC.CCN(CC(=O)O)CC(=O)OC. The third kappa shape index (κ3) is 8.99. The minimum absolute atomic E-state index is 0.0271. The summed E-state index contributed by atoms with van der Waals surface area (Å²) in [4.78, 5) is 22.4. The second-order valence-corrected chi connectivity index (χ2v) is 2.27. The van der Waals surface area contributed by atoms with Gasteiger partial charge in [-0.25, -0.2) is 0 Å². The lowest BCUT2D eigenvalue weighted by Crippen LogP contribution is -2.34. The lowest BCUT2D eigenvalue weighted by atomic mass is 10.4. The fourth-order valence-electron chi connectivity index (χ4n) is 0.718. The number of carboxylic acid groups (broad SMARTS) is 1. The number of rotatable bonds is 5. The highest BCUT2D eigenvalue weighted by atomic mass is 16.5. The predicted molar refractivity (Wildman–Crippen MR) is 53.1 cm³/mol. The van der Waals surface area contributed by atoms with Crippen molar-refractivity contribution in [2.75, 3.05) is 26.7 Å². The lowest BCUT2D eigenvalue weighted by Gasteiger charge is -2.15. The molecular weight excluding hydrogens is 186 g/mol. The summed E-state index contributed by atoms with van der Waals surface area (Å²) >= 11 is 0. The van der Waals surface area contributed by atoms with Gasteiger partial charge in [-0.1, -0.05) is 20.8 Å². The number of likely N-dealkylation sites (N-methyl/N-ethyl adjacent to an activating group) is 1. The van der Waals surface area contributed by atoms with Crippen LogP contribution in [-0.4, -0.2) is 48.7 Å². The molecule has 0 fully saturated rings. The molecule has 0 aromatic rings. The second-order valence-electron chi connectivity index (χ2n) is 2.27. The van der Waals surface area contributed by atoms with Crippen LogP contribution < -0.4 is 0 Å². The molecule has 1 N–H and O–H groups in total. The minimum Gasteiger partial charge on any atom is -0.480 e. The number of carboxylic acids is 1. The Balaban J connectivity index is 0. The molecule has 0 atom stereocenters. The predicted octanol–water partition coefficient (Wildman–Crippen LogP) is 0.592. The van der Waals surface area contributed by atoms with Crippen LogP contribution in [0.1, 0.15) is 20.8 Å². The Bertz CT molecular complexity index is 170. The molecule has 5 nitrogen and oxygen atoms in total. The van der Waals surface area contributed by atoms with E-state index in [1.165, 1.54) is 12.0 Å². The van der Waals surface area contributed by atoms with Gasteiger partial charge in [-0.15, -0.1) is 0 Å². The number of ether oxygens (including phenoxy) is 1. The van der Waals surface area contributed by atoms with E-state index in [9.17, 15) is 9.59 Å². The number of carbonyl (C=O) groups excluding carboxylic acids is 1. The quantitative estimate of drug-likeness (QED) is 0.665. The van der Waals surface area contributed by atoms with Crippen molar-refractivity contribution in [1.29, 1.82) is 0 Å². The van der Waals surface area contributed by atoms with Crippen LogP contribution in [0.5, 0.6) is 0 Å². The zero-order valence-electron chi connectivity index (χ0n) is 9.24. The summed E-state index contributed by atoms with van der Waals surface area (Å²) in [6.07, 6.45) is 0. The topological polar surface area (TPSA) is 66.8 Å². The van der Waals surface area contributed by atoms with Crippen molar-refractivity contribution in [3.63, 3.8) is 0 Å². The maximum Gasteiger partial charge on any atom is 0.319 e. The smallest absolute Gasteiger partial charge is 0.319 e. The van der Waals surface area contributed by atoms with Gasteiger partial charge in [-0.2, -0.15) is 0 Å². The number of hydrogen-bond acceptors (Lipinski definition) is 4. The largest absolute Gasteiger partial charge is 0.480 e. The molecule has 0 amide bonds. The first-order valence-electron chi connectivity index (χ1n) is 4.61. The molecule has 84 valence electrons. The summed E-state index contributed by atoms with van der Waals surface area (Å²) in [7, 11) is 1.27. The van der Waals surface area contributed by atoms with Crippen molar-refractivity contribution in [1.82, 2.24) is 4.90 Å². The van der Waals surface area contributed by atoms with Crippen LogP contribution in [0.25, 0.3) is 0 Å². The van der Waals surface area contributed by atoms with Crippen molar-refractivity contribution < 1.29 is 19.4 Å². The van der Waals surface area contributed by atoms with Gasteiger partial charge in [0.2, 0.25) is 0 Å². The number of nitrogens with zero attached hydrogens (tertiary/aromatic N) is 1. The first-order chi connectivity index (χ1) is 6.60. The monoisotopic (exact) mass is 205 g/mol. The van der Waals surface area contributed by atoms with Crippen molar-refractivity contribution in [2.45, 2.75) is 20.8 Å². The van der Waals surface area contributed by atoms with E-state index in [4.69, 9.17) is 5.11 Å². The number of carbonyl (C=O) groups is 2. The van der Waals surface area contributed by atoms with Crippen LogP contribution >= 0.6 is 0 Å². The van der Waals surface area contributed by atoms with Crippen LogP contribution in [0, 0.1) is 0 Å². The molecule has 0 bridgehead atoms. The fraction of sp³-hybridized carbons (Fsp3) is 0.778. The van der Waals surface area contributed by atoms with Gasteiger partial charge in [0.25, 0.3) is 0 Å². The van der Waals surface area contributed by atoms with E-state index in [1.54, 1.807) is 6.92 Å². The average molecular weight is 205 g/mol. The first kappa shape index (κ1) is 15.4. The molecule has 0 saturated carbocycles. The van der Waals surface area contributed by atoms with E-state index in [0.29, 0.717) is 6.54 Å². The fourth-order valence-corrected chi connectivity index (χ4v) is 0.718. The Morgan fingerprint density at radius 1 is 1.29 bits per heavy atom. The van der Waals surface area contributed by atoms with Crippen LogP contribution in [0.2, 0.25) is 0 Å². The molecule has 0 aliphatic rings. The highest BCUT2D eigenvalue weighted by molar-refractivity contribution is 5.73. The number of aliphatic carboxylic acids is 1. The minimum atomic E-state index is -0.944. The van der Waals surface area contributed by atoms with E-state index in [2.05, 4.69) is 4.74 Å². The van der Waals surface area contributed by atoms with E-state index >= 15 is 0 Å². The standard InChI is InChI=1S/C7H13NO4.C2H6/c1-3-8(4-6(9)10)5-7(11)12-2;1-2/h3-5H2,1-2H3,(H,9,10);1-2H3. The first-order valence-corrected chi connectivity index (χ1v) is 4.61. The van der Waals surface area contributed by atoms with E-state index in [1.807, 2.05) is 13.8 Å². The third-order valence-electron chi connectivity index (χ3n) is 1.39. The van der Waals surface area contributed by atoms with Gasteiger partial charge in [-0.05, 0) is 6.54 Å². The number of hydrogen-bond donors (Lipinski definition) is 1. The lowest BCUT2D eigenvalue weighted by molar-refractivity contribution is -0.143. The summed E-state index contributed by atoms with van der Waals surface area (Å²) in [6.45, 7) is 6.19. The summed E-state index contributed by atoms with van der Waals surface area (Å²) in [5.74, 6) is -1.36. The molecule has 0 aliphatic heterocycles. The molecule has 14 heavy (non-hydrogen) atoms. The summed E-state index contributed by atoms with van der Waals surface area (Å²) in [5.41, 5.74) is 0. The molecule has 0 aliphatic carbocycles. The molecule has 5 heteroatoms. The van der Waals surface area contributed by atoms with Gasteiger partial charge < -0.3 is 9.84 Å². The zero-order chi connectivity index (χ0) is 11.6.